The fourth-order valence-corrected chi connectivity index (χ4v) is 4.00. The maximum absolute atomic E-state index is 5.25. The maximum atomic E-state index is 5.25. The number of rotatable bonds is 7. The molecule has 0 amide bonds. The summed E-state index contributed by atoms with van der Waals surface area (Å²) in [6.45, 7) is 4.53. The highest BCUT2D eigenvalue weighted by Crippen LogP contribution is 2.26. The Morgan fingerprint density at radius 3 is 2.61 bits per heavy atom. The summed E-state index contributed by atoms with van der Waals surface area (Å²) in [6.07, 6.45) is 3.84. The molecular formula is C24H29N3O. The molecule has 4 rings (SSSR count). The lowest BCUT2D eigenvalue weighted by Gasteiger charge is -2.30. The number of anilines is 1. The van der Waals surface area contributed by atoms with E-state index in [4.69, 9.17) is 9.72 Å². The Bertz CT molecular complexity index is 919. The zero-order valence-electron chi connectivity index (χ0n) is 16.7. The van der Waals surface area contributed by atoms with Gasteiger partial charge in [0.1, 0.15) is 5.82 Å². The summed E-state index contributed by atoms with van der Waals surface area (Å²) in [7, 11) is 1.74. The minimum absolute atomic E-state index is 0.654. The van der Waals surface area contributed by atoms with Gasteiger partial charge in [0, 0.05) is 44.2 Å². The molecule has 1 aliphatic rings. The van der Waals surface area contributed by atoms with Crippen molar-refractivity contribution in [1.82, 2.24) is 10.3 Å². The molecule has 1 aliphatic heterocycles. The fraction of sp³-hybridized carbons (Fsp3) is 0.375. The van der Waals surface area contributed by atoms with Crippen LogP contribution in [0.2, 0.25) is 0 Å². The summed E-state index contributed by atoms with van der Waals surface area (Å²) in [5.74, 6) is 1.15. The van der Waals surface area contributed by atoms with E-state index in [1.807, 2.05) is 0 Å². The Balaban J connectivity index is 1.52. The molecule has 0 atom stereocenters. The van der Waals surface area contributed by atoms with Crippen molar-refractivity contribution < 1.29 is 4.74 Å². The minimum atomic E-state index is 0.654. The Hall–Kier alpha value is -2.43. The van der Waals surface area contributed by atoms with Gasteiger partial charge < -0.3 is 15.0 Å². The summed E-state index contributed by atoms with van der Waals surface area (Å²) < 4.78 is 5.25. The molecule has 0 unspecified atom stereocenters. The summed E-state index contributed by atoms with van der Waals surface area (Å²) in [4.78, 5) is 7.50. The molecule has 0 bridgehead atoms. The topological polar surface area (TPSA) is 37.4 Å². The monoisotopic (exact) mass is 375 g/mol. The van der Waals surface area contributed by atoms with Gasteiger partial charge in [0.15, 0.2) is 0 Å². The summed E-state index contributed by atoms with van der Waals surface area (Å²) >= 11 is 0. The largest absolute Gasteiger partial charge is 0.380 e. The van der Waals surface area contributed by atoms with Crippen molar-refractivity contribution in [1.29, 1.82) is 0 Å². The van der Waals surface area contributed by atoms with Gasteiger partial charge in [-0.1, -0.05) is 42.5 Å². The quantitative estimate of drug-likeness (QED) is 0.652. The van der Waals surface area contributed by atoms with Crippen LogP contribution >= 0.6 is 0 Å². The van der Waals surface area contributed by atoms with Crippen LogP contribution in [0.25, 0.3) is 10.9 Å². The number of nitrogens with one attached hydrogen (secondary N) is 1. The highest BCUT2D eigenvalue weighted by Gasteiger charge is 2.16. The Labute approximate surface area is 167 Å². The van der Waals surface area contributed by atoms with Crippen LogP contribution in [0, 0.1) is 0 Å². The van der Waals surface area contributed by atoms with Gasteiger partial charge in [0.05, 0.1) is 12.1 Å². The predicted molar refractivity (Wildman–Crippen MR) is 116 cm³/mol. The zero-order chi connectivity index (χ0) is 19.2. The Morgan fingerprint density at radius 1 is 0.929 bits per heavy atom. The first kappa shape index (κ1) is 18.9. The second kappa shape index (κ2) is 9.18. The van der Waals surface area contributed by atoms with Crippen molar-refractivity contribution in [3.8, 4) is 0 Å². The molecule has 1 saturated heterocycles. The Kier molecular flexibility index (Phi) is 6.20. The Morgan fingerprint density at radius 2 is 1.75 bits per heavy atom. The van der Waals surface area contributed by atoms with Gasteiger partial charge in [0.25, 0.3) is 0 Å². The van der Waals surface area contributed by atoms with Gasteiger partial charge in [-0.3, -0.25) is 0 Å². The molecule has 0 aliphatic carbocycles. The van der Waals surface area contributed by atoms with E-state index in [-0.39, 0.29) is 0 Å². The maximum Gasteiger partial charge on any atom is 0.133 e. The number of hydrogen-bond donors (Lipinski definition) is 1. The molecule has 28 heavy (non-hydrogen) atoms. The van der Waals surface area contributed by atoms with Gasteiger partial charge in [-0.25, -0.2) is 4.98 Å². The van der Waals surface area contributed by atoms with Crippen molar-refractivity contribution >= 4 is 16.7 Å². The lowest BCUT2D eigenvalue weighted by atomic mass is 10.1. The number of hydrogen-bond acceptors (Lipinski definition) is 4. The average Bonchev–Trinajstić information content (AvgIpc) is 2.74. The number of piperidine rings is 1. The van der Waals surface area contributed by atoms with Crippen molar-refractivity contribution in [3.05, 3.63) is 71.3 Å². The molecule has 0 saturated carbocycles. The smallest absolute Gasteiger partial charge is 0.133 e. The van der Waals surface area contributed by atoms with Crippen LogP contribution < -0.4 is 10.2 Å². The van der Waals surface area contributed by atoms with Crippen LogP contribution in [0.3, 0.4) is 0 Å². The standard InChI is InChI=1S/C24H29N3O/c1-28-18-20-9-7-8-19(14-20)16-25-17-22-15-21-10-3-4-11-23(21)26-24(22)27-12-5-2-6-13-27/h3-4,7-11,14-15,25H,2,5-6,12-13,16-18H2,1H3. The molecule has 4 heteroatoms. The van der Waals surface area contributed by atoms with E-state index >= 15 is 0 Å². The number of benzene rings is 2. The molecule has 0 radical (unpaired) electrons. The van der Waals surface area contributed by atoms with E-state index in [0.717, 1.165) is 37.5 Å². The van der Waals surface area contributed by atoms with Crippen LogP contribution in [0.1, 0.15) is 36.0 Å². The number of para-hydroxylation sites is 1. The molecular weight excluding hydrogens is 346 g/mol. The molecule has 1 N–H and O–H groups in total. The third kappa shape index (κ3) is 4.51. The SMILES string of the molecule is COCc1cccc(CNCc2cc3ccccc3nc2N2CCCCC2)c1. The summed E-state index contributed by atoms with van der Waals surface area (Å²) in [5, 5.41) is 4.83. The van der Waals surface area contributed by atoms with Gasteiger partial charge in [-0.05, 0) is 42.5 Å². The second-order valence-electron chi connectivity index (χ2n) is 7.57. The molecule has 2 heterocycles. The van der Waals surface area contributed by atoms with E-state index in [2.05, 4.69) is 64.8 Å². The average molecular weight is 376 g/mol. The first-order chi connectivity index (χ1) is 13.8. The number of pyridine rings is 1. The lowest BCUT2D eigenvalue weighted by Crippen LogP contribution is -2.31. The zero-order valence-corrected chi connectivity index (χ0v) is 16.7. The van der Waals surface area contributed by atoms with Gasteiger partial charge >= 0.3 is 0 Å². The molecule has 4 nitrogen and oxygen atoms in total. The minimum Gasteiger partial charge on any atom is -0.380 e. The number of aromatic nitrogens is 1. The van der Waals surface area contributed by atoms with Gasteiger partial charge in [-0.15, -0.1) is 0 Å². The van der Waals surface area contributed by atoms with E-state index in [1.54, 1.807) is 7.11 Å². The third-order valence-corrected chi connectivity index (χ3v) is 5.38. The number of nitrogens with zero attached hydrogens (tertiary/aromatic N) is 2. The van der Waals surface area contributed by atoms with Crippen molar-refractivity contribution in [2.75, 3.05) is 25.1 Å². The van der Waals surface area contributed by atoms with Crippen LogP contribution in [-0.2, 0) is 24.4 Å². The summed E-state index contributed by atoms with van der Waals surface area (Å²) in [5.41, 5.74) is 4.86. The molecule has 1 aromatic heterocycles. The fourth-order valence-electron chi connectivity index (χ4n) is 4.00. The van der Waals surface area contributed by atoms with Gasteiger partial charge in [0.2, 0.25) is 0 Å². The van der Waals surface area contributed by atoms with E-state index in [0.29, 0.717) is 6.61 Å². The van der Waals surface area contributed by atoms with Crippen molar-refractivity contribution in [2.24, 2.45) is 0 Å². The highest BCUT2D eigenvalue weighted by atomic mass is 16.5. The van der Waals surface area contributed by atoms with Crippen molar-refractivity contribution in [2.45, 2.75) is 39.0 Å². The van der Waals surface area contributed by atoms with Gasteiger partial charge in [-0.2, -0.15) is 0 Å². The summed E-state index contributed by atoms with van der Waals surface area (Å²) in [6, 6.07) is 19.3. The van der Waals surface area contributed by atoms with Crippen molar-refractivity contribution in [3.63, 3.8) is 0 Å². The van der Waals surface area contributed by atoms with E-state index in [1.165, 1.54) is 41.3 Å². The lowest BCUT2D eigenvalue weighted by molar-refractivity contribution is 0.185. The van der Waals surface area contributed by atoms with Crippen LogP contribution in [0.4, 0.5) is 5.82 Å². The van der Waals surface area contributed by atoms with Crippen LogP contribution in [-0.4, -0.2) is 25.2 Å². The molecule has 3 aromatic rings. The predicted octanol–water partition coefficient (Wildman–Crippen LogP) is 4.66. The van der Waals surface area contributed by atoms with E-state index in [9.17, 15) is 0 Å². The number of fused-ring (bicyclic) bond motifs is 1. The molecule has 0 spiro atoms. The number of methoxy groups -OCH3 is 1. The first-order valence-electron chi connectivity index (χ1n) is 10.2. The first-order valence-corrected chi connectivity index (χ1v) is 10.2. The third-order valence-electron chi connectivity index (χ3n) is 5.38. The molecule has 1 fully saturated rings. The molecule has 2 aromatic carbocycles. The normalized spacial score (nSPS) is 14.5. The molecule has 146 valence electrons. The van der Waals surface area contributed by atoms with Crippen LogP contribution in [0.15, 0.2) is 54.6 Å². The van der Waals surface area contributed by atoms with Crippen LogP contribution in [0.5, 0.6) is 0 Å². The number of ether oxygens (including phenoxy) is 1. The van der Waals surface area contributed by atoms with E-state index < -0.39 is 0 Å². The highest BCUT2D eigenvalue weighted by molar-refractivity contribution is 5.81. The second-order valence-corrected chi connectivity index (χ2v) is 7.57.